The number of para-hydroxylation sites is 1. The van der Waals surface area contributed by atoms with E-state index in [-0.39, 0.29) is 17.9 Å². The lowest BCUT2D eigenvalue weighted by Gasteiger charge is -2.31. The molecule has 0 aromatic heterocycles. The highest BCUT2D eigenvalue weighted by molar-refractivity contribution is 6.03. The monoisotopic (exact) mass is 290 g/mol. The van der Waals surface area contributed by atoms with Crippen LogP contribution < -0.4 is 10.6 Å². The molecule has 0 spiro atoms. The number of urea groups is 1. The number of carbonyl (C=O) groups is 1. The minimum atomic E-state index is -0.240. The van der Waals surface area contributed by atoms with Crippen LogP contribution in [0.25, 0.3) is 0 Å². The Morgan fingerprint density at radius 3 is 2.19 bits per heavy atom. The SMILES string of the molecule is CCN(C(=O)N(CC(C)C)C(=N)N)c1c(C)cccc1C. The largest absolute Gasteiger partial charge is 0.370 e. The van der Waals surface area contributed by atoms with Crippen molar-refractivity contribution in [1.82, 2.24) is 4.90 Å². The van der Waals surface area contributed by atoms with Crippen molar-refractivity contribution in [1.29, 1.82) is 5.41 Å². The van der Waals surface area contributed by atoms with Crippen molar-refractivity contribution in [3.05, 3.63) is 29.3 Å². The number of hydrogen-bond acceptors (Lipinski definition) is 2. The molecule has 1 rings (SSSR count). The number of nitrogens with one attached hydrogen (secondary N) is 1. The van der Waals surface area contributed by atoms with Gasteiger partial charge in [-0.2, -0.15) is 0 Å². The van der Waals surface area contributed by atoms with Crippen molar-refractivity contribution < 1.29 is 4.79 Å². The van der Waals surface area contributed by atoms with Gasteiger partial charge in [-0.05, 0) is 37.8 Å². The summed E-state index contributed by atoms with van der Waals surface area (Å²) in [5.74, 6) is 0.0351. The number of guanidine groups is 1. The number of nitrogens with zero attached hydrogens (tertiary/aromatic N) is 2. The fourth-order valence-electron chi connectivity index (χ4n) is 2.41. The van der Waals surface area contributed by atoms with Crippen LogP contribution in [0.5, 0.6) is 0 Å². The summed E-state index contributed by atoms with van der Waals surface area (Å²) in [7, 11) is 0. The summed E-state index contributed by atoms with van der Waals surface area (Å²) < 4.78 is 0. The zero-order chi connectivity index (χ0) is 16.2. The molecule has 0 saturated carbocycles. The Labute approximate surface area is 127 Å². The van der Waals surface area contributed by atoms with Gasteiger partial charge >= 0.3 is 6.03 Å². The lowest BCUT2D eigenvalue weighted by molar-refractivity contribution is 0.222. The van der Waals surface area contributed by atoms with Gasteiger partial charge in [0.25, 0.3) is 0 Å². The van der Waals surface area contributed by atoms with E-state index in [0.29, 0.717) is 13.1 Å². The van der Waals surface area contributed by atoms with Crippen LogP contribution in [0.15, 0.2) is 18.2 Å². The number of carbonyl (C=O) groups excluding carboxylic acids is 1. The van der Waals surface area contributed by atoms with Gasteiger partial charge in [0.05, 0.1) is 5.69 Å². The zero-order valence-corrected chi connectivity index (χ0v) is 13.6. The number of aryl methyl sites for hydroxylation is 2. The highest BCUT2D eigenvalue weighted by Crippen LogP contribution is 2.25. The molecule has 1 aromatic rings. The molecule has 0 radical (unpaired) electrons. The number of nitrogens with two attached hydrogens (primary N) is 1. The van der Waals surface area contributed by atoms with E-state index < -0.39 is 0 Å². The summed E-state index contributed by atoms with van der Waals surface area (Å²) in [6.45, 7) is 10.9. The van der Waals surface area contributed by atoms with Crippen LogP contribution in [-0.4, -0.2) is 30.0 Å². The van der Waals surface area contributed by atoms with Crippen LogP contribution >= 0.6 is 0 Å². The highest BCUT2D eigenvalue weighted by atomic mass is 16.2. The third-order valence-electron chi connectivity index (χ3n) is 3.33. The predicted octanol–water partition coefficient (Wildman–Crippen LogP) is 3.10. The average Bonchev–Trinajstić information content (AvgIpc) is 2.39. The summed E-state index contributed by atoms with van der Waals surface area (Å²) >= 11 is 0. The smallest absolute Gasteiger partial charge is 0.331 e. The standard InChI is InChI=1S/C16H26N4O/c1-6-19(14-12(4)8-7-9-13(14)5)16(21)20(15(17)18)10-11(2)3/h7-9,11H,6,10H2,1-5H3,(H3,17,18). The first-order valence-electron chi connectivity index (χ1n) is 7.28. The molecular formula is C16H26N4O. The Kier molecular flexibility index (Phi) is 5.76. The molecule has 21 heavy (non-hydrogen) atoms. The number of anilines is 1. The lowest BCUT2D eigenvalue weighted by atomic mass is 10.1. The van der Waals surface area contributed by atoms with E-state index in [1.807, 2.05) is 52.8 Å². The maximum atomic E-state index is 12.8. The van der Waals surface area contributed by atoms with Gasteiger partial charge in [0.15, 0.2) is 5.96 Å². The van der Waals surface area contributed by atoms with E-state index in [1.165, 1.54) is 4.90 Å². The van der Waals surface area contributed by atoms with E-state index in [9.17, 15) is 4.79 Å². The van der Waals surface area contributed by atoms with Crippen molar-refractivity contribution in [2.45, 2.75) is 34.6 Å². The molecule has 3 N–H and O–H groups in total. The van der Waals surface area contributed by atoms with Crippen molar-refractivity contribution >= 4 is 17.7 Å². The molecule has 0 unspecified atom stereocenters. The maximum Gasteiger partial charge on any atom is 0.331 e. The number of benzene rings is 1. The van der Waals surface area contributed by atoms with E-state index in [2.05, 4.69) is 0 Å². The van der Waals surface area contributed by atoms with E-state index in [4.69, 9.17) is 11.1 Å². The third-order valence-corrected chi connectivity index (χ3v) is 3.33. The molecule has 0 aliphatic carbocycles. The highest BCUT2D eigenvalue weighted by Gasteiger charge is 2.25. The van der Waals surface area contributed by atoms with Gasteiger partial charge < -0.3 is 5.73 Å². The molecular weight excluding hydrogens is 264 g/mol. The molecule has 5 heteroatoms. The number of amides is 2. The topological polar surface area (TPSA) is 73.4 Å². The predicted molar refractivity (Wildman–Crippen MR) is 87.8 cm³/mol. The molecule has 0 aliphatic heterocycles. The molecule has 2 amide bonds. The van der Waals surface area contributed by atoms with Crippen molar-refractivity contribution in [3.8, 4) is 0 Å². The van der Waals surface area contributed by atoms with Gasteiger partial charge in [-0.25, -0.2) is 4.79 Å². The first-order valence-corrected chi connectivity index (χ1v) is 7.28. The van der Waals surface area contributed by atoms with Gasteiger partial charge in [0.1, 0.15) is 0 Å². The van der Waals surface area contributed by atoms with Crippen molar-refractivity contribution in [2.24, 2.45) is 11.7 Å². The lowest BCUT2D eigenvalue weighted by Crippen LogP contribution is -2.50. The van der Waals surface area contributed by atoms with E-state index in [0.717, 1.165) is 16.8 Å². The van der Waals surface area contributed by atoms with Gasteiger partial charge in [0.2, 0.25) is 0 Å². The summed E-state index contributed by atoms with van der Waals surface area (Å²) in [6, 6.07) is 5.71. The molecule has 5 nitrogen and oxygen atoms in total. The molecule has 1 aromatic carbocycles. The van der Waals surface area contributed by atoms with Gasteiger partial charge in [-0.15, -0.1) is 0 Å². The fourth-order valence-corrected chi connectivity index (χ4v) is 2.41. The average molecular weight is 290 g/mol. The summed E-state index contributed by atoms with van der Waals surface area (Å²) in [6.07, 6.45) is 0. The van der Waals surface area contributed by atoms with Crippen molar-refractivity contribution in [2.75, 3.05) is 18.0 Å². The fraction of sp³-hybridized carbons (Fsp3) is 0.500. The minimum Gasteiger partial charge on any atom is -0.370 e. The van der Waals surface area contributed by atoms with Gasteiger partial charge in [-0.3, -0.25) is 15.2 Å². The first-order chi connectivity index (χ1) is 9.79. The van der Waals surface area contributed by atoms with Gasteiger partial charge in [0, 0.05) is 13.1 Å². The molecule has 0 saturated heterocycles. The third kappa shape index (κ3) is 3.97. The molecule has 0 heterocycles. The van der Waals surface area contributed by atoms with Crippen LogP contribution in [-0.2, 0) is 0 Å². The summed E-state index contributed by atoms with van der Waals surface area (Å²) in [4.78, 5) is 15.8. The second-order valence-corrected chi connectivity index (χ2v) is 5.66. The van der Waals surface area contributed by atoms with E-state index >= 15 is 0 Å². The Morgan fingerprint density at radius 2 is 1.81 bits per heavy atom. The maximum absolute atomic E-state index is 12.8. The quantitative estimate of drug-likeness (QED) is 0.660. The normalized spacial score (nSPS) is 10.6. The molecule has 0 atom stereocenters. The van der Waals surface area contributed by atoms with Crippen LogP contribution in [0.4, 0.5) is 10.5 Å². The first kappa shape index (κ1) is 17.0. The molecule has 0 bridgehead atoms. The van der Waals surface area contributed by atoms with Gasteiger partial charge in [-0.1, -0.05) is 32.0 Å². The Bertz CT molecular complexity index is 505. The summed E-state index contributed by atoms with van der Waals surface area (Å²) in [5, 5.41) is 7.67. The minimum absolute atomic E-state index is 0.210. The second kappa shape index (κ2) is 7.11. The van der Waals surface area contributed by atoms with Crippen LogP contribution in [0, 0.1) is 25.2 Å². The van der Waals surface area contributed by atoms with Crippen molar-refractivity contribution in [3.63, 3.8) is 0 Å². The zero-order valence-electron chi connectivity index (χ0n) is 13.6. The Morgan fingerprint density at radius 1 is 1.29 bits per heavy atom. The number of rotatable bonds is 4. The van der Waals surface area contributed by atoms with Crippen LogP contribution in [0.1, 0.15) is 31.9 Å². The van der Waals surface area contributed by atoms with E-state index in [1.54, 1.807) is 4.90 Å². The summed E-state index contributed by atoms with van der Waals surface area (Å²) in [5.41, 5.74) is 8.58. The Hall–Kier alpha value is -2.04. The van der Waals surface area contributed by atoms with Crippen LogP contribution in [0.2, 0.25) is 0 Å². The van der Waals surface area contributed by atoms with Crippen LogP contribution in [0.3, 0.4) is 0 Å². The second-order valence-electron chi connectivity index (χ2n) is 5.66. The number of hydrogen-bond donors (Lipinski definition) is 2. The molecule has 0 fully saturated rings. The molecule has 0 aliphatic rings. The molecule has 116 valence electrons. The Balaban J connectivity index is 3.19.